The van der Waals surface area contributed by atoms with E-state index in [4.69, 9.17) is 0 Å². The first-order valence-electron chi connectivity index (χ1n) is 13.0. The van der Waals surface area contributed by atoms with Gasteiger partial charge in [0.25, 0.3) is 0 Å². The molecule has 0 fully saturated rings. The molecule has 0 bridgehead atoms. The Bertz CT molecular complexity index is 1510. The van der Waals surface area contributed by atoms with Crippen LogP contribution in [0.1, 0.15) is 68.7 Å². The summed E-state index contributed by atoms with van der Waals surface area (Å²) in [7, 11) is 0. The van der Waals surface area contributed by atoms with E-state index in [1.807, 2.05) is 13.8 Å². The fraction of sp³-hybridized carbons (Fsp3) is 0.188. The molecule has 8 heteroatoms. The molecule has 2 unspecified atom stereocenters. The molecule has 1 aliphatic carbocycles. The van der Waals surface area contributed by atoms with E-state index in [-0.39, 0.29) is 57.5 Å². The van der Waals surface area contributed by atoms with Crippen molar-refractivity contribution in [3.8, 4) is 23.0 Å². The van der Waals surface area contributed by atoms with Gasteiger partial charge < -0.3 is 31.1 Å². The van der Waals surface area contributed by atoms with Crippen LogP contribution in [0.3, 0.4) is 0 Å². The summed E-state index contributed by atoms with van der Waals surface area (Å²) in [6, 6.07) is 18.9. The van der Waals surface area contributed by atoms with E-state index in [1.54, 1.807) is 36.4 Å². The number of hydrogen-bond acceptors (Lipinski definition) is 8. The molecule has 204 valence electrons. The first kappa shape index (κ1) is 26.6. The minimum Gasteiger partial charge on any atom is -0.508 e. The van der Waals surface area contributed by atoms with Gasteiger partial charge >= 0.3 is 0 Å². The molecule has 0 saturated carbocycles. The highest BCUT2D eigenvalue weighted by molar-refractivity contribution is 6.31. The largest absolute Gasteiger partial charge is 0.508 e. The van der Waals surface area contributed by atoms with Crippen molar-refractivity contribution in [2.75, 3.05) is 23.7 Å². The molecule has 0 aliphatic heterocycles. The summed E-state index contributed by atoms with van der Waals surface area (Å²) in [5.74, 6) is -0.806. The lowest BCUT2D eigenvalue weighted by Gasteiger charge is -2.25. The van der Waals surface area contributed by atoms with Crippen LogP contribution in [-0.4, -0.2) is 45.1 Å². The SMILES string of the molecule is CC(CNc1ccc(NCC(C)c2cc(O)ccc2O)c2c1C(=O)c1ccccc1C2=O)c1cc(O)ccc1O. The van der Waals surface area contributed by atoms with Crippen molar-refractivity contribution in [2.45, 2.75) is 25.7 Å². The van der Waals surface area contributed by atoms with Crippen LogP contribution >= 0.6 is 0 Å². The third-order valence-corrected chi connectivity index (χ3v) is 7.36. The third-order valence-electron chi connectivity index (χ3n) is 7.36. The lowest BCUT2D eigenvalue weighted by atomic mass is 9.82. The first-order valence-corrected chi connectivity index (χ1v) is 13.0. The van der Waals surface area contributed by atoms with Gasteiger partial charge in [0.15, 0.2) is 11.6 Å². The lowest BCUT2D eigenvalue weighted by Crippen LogP contribution is -2.25. The van der Waals surface area contributed by atoms with Crippen molar-refractivity contribution in [1.82, 2.24) is 0 Å². The average Bonchev–Trinajstić information content (AvgIpc) is 2.95. The quantitative estimate of drug-likeness (QED) is 0.138. The average molecular weight is 539 g/mol. The normalized spacial score (nSPS) is 13.8. The van der Waals surface area contributed by atoms with Crippen LogP contribution in [0.15, 0.2) is 72.8 Å². The standard InChI is InChI=1S/C32H30N2O6/c1-17(23-13-19(35)7-11-27(23)37)15-33-25-9-10-26(34-16-18(2)24-14-20(36)8-12-28(24)38)30-29(25)31(39)21-5-3-4-6-22(21)32(30)40/h3-14,17-18,33-38H,15-16H2,1-2H3. The number of ketones is 2. The molecular weight excluding hydrogens is 508 g/mol. The predicted octanol–water partition coefficient (Wildman–Crippen LogP) is 5.72. The molecule has 5 rings (SSSR count). The summed E-state index contributed by atoms with van der Waals surface area (Å²) in [4.78, 5) is 27.5. The van der Waals surface area contributed by atoms with Gasteiger partial charge in [0.05, 0.1) is 11.1 Å². The van der Waals surface area contributed by atoms with E-state index in [2.05, 4.69) is 10.6 Å². The number of carbonyl (C=O) groups excluding carboxylic acids is 2. The van der Waals surface area contributed by atoms with Gasteiger partial charge in [-0.1, -0.05) is 38.1 Å². The zero-order valence-electron chi connectivity index (χ0n) is 22.1. The molecule has 0 spiro atoms. The molecule has 8 nitrogen and oxygen atoms in total. The molecule has 4 aromatic rings. The summed E-state index contributed by atoms with van der Waals surface area (Å²) >= 11 is 0. The van der Waals surface area contributed by atoms with Crippen LogP contribution in [0, 0.1) is 0 Å². The van der Waals surface area contributed by atoms with Crippen LogP contribution < -0.4 is 10.6 Å². The number of benzene rings is 4. The summed E-state index contributed by atoms with van der Waals surface area (Å²) in [6.07, 6.45) is 0. The van der Waals surface area contributed by atoms with Gasteiger partial charge in [0, 0.05) is 58.6 Å². The van der Waals surface area contributed by atoms with Crippen molar-refractivity contribution in [3.05, 3.63) is 106 Å². The Morgan fingerprint density at radius 2 is 1.00 bits per heavy atom. The molecule has 6 N–H and O–H groups in total. The third kappa shape index (κ3) is 4.91. The number of nitrogens with one attached hydrogen (secondary N) is 2. The summed E-state index contributed by atoms with van der Waals surface area (Å²) in [5, 5.41) is 46.8. The van der Waals surface area contributed by atoms with Crippen LogP contribution in [0.4, 0.5) is 11.4 Å². The van der Waals surface area contributed by atoms with E-state index in [1.165, 1.54) is 36.4 Å². The molecular formula is C32H30N2O6. The highest BCUT2D eigenvalue weighted by Crippen LogP contribution is 2.38. The van der Waals surface area contributed by atoms with E-state index in [0.717, 1.165) is 0 Å². The predicted molar refractivity (Wildman–Crippen MR) is 153 cm³/mol. The minimum atomic E-state index is -0.275. The van der Waals surface area contributed by atoms with Gasteiger partial charge in [-0.2, -0.15) is 0 Å². The summed E-state index contributed by atoms with van der Waals surface area (Å²) in [6.45, 7) is 4.41. The zero-order chi connectivity index (χ0) is 28.6. The molecule has 0 aromatic heterocycles. The van der Waals surface area contributed by atoms with Crippen molar-refractivity contribution >= 4 is 22.9 Å². The zero-order valence-corrected chi connectivity index (χ0v) is 22.1. The highest BCUT2D eigenvalue weighted by Gasteiger charge is 2.34. The summed E-state index contributed by atoms with van der Waals surface area (Å²) < 4.78 is 0. The van der Waals surface area contributed by atoms with E-state index in [9.17, 15) is 30.0 Å². The maximum absolute atomic E-state index is 13.7. The number of hydrogen-bond donors (Lipinski definition) is 6. The number of aromatic hydroxyl groups is 4. The van der Waals surface area contributed by atoms with Crippen LogP contribution in [0.2, 0.25) is 0 Å². The fourth-order valence-corrected chi connectivity index (χ4v) is 5.14. The molecule has 4 aromatic carbocycles. The Labute approximate surface area is 231 Å². The Kier molecular flexibility index (Phi) is 7.09. The first-order chi connectivity index (χ1) is 19.2. The maximum atomic E-state index is 13.7. The van der Waals surface area contributed by atoms with Gasteiger partial charge in [0.2, 0.25) is 0 Å². The molecule has 0 amide bonds. The Balaban J connectivity index is 1.48. The van der Waals surface area contributed by atoms with Gasteiger partial charge in [-0.3, -0.25) is 9.59 Å². The second-order valence-corrected chi connectivity index (χ2v) is 10.2. The Hall–Kier alpha value is -4.98. The molecule has 0 radical (unpaired) electrons. The van der Waals surface area contributed by atoms with Gasteiger partial charge in [-0.15, -0.1) is 0 Å². The van der Waals surface area contributed by atoms with E-state index >= 15 is 0 Å². The molecule has 0 saturated heterocycles. The second kappa shape index (κ2) is 10.6. The van der Waals surface area contributed by atoms with Gasteiger partial charge in [-0.05, 0) is 48.5 Å². The lowest BCUT2D eigenvalue weighted by molar-refractivity contribution is 0.0980. The smallest absolute Gasteiger partial charge is 0.196 e. The fourth-order valence-electron chi connectivity index (χ4n) is 5.14. The van der Waals surface area contributed by atoms with Crippen molar-refractivity contribution in [1.29, 1.82) is 0 Å². The number of phenols is 4. The Morgan fingerprint density at radius 1 is 0.600 bits per heavy atom. The summed E-state index contributed by atoms with van der Waals surface area (Å²) in [5.41, 5.74) is 3.25. The molecule has 1 aliphatic rings. The monoisotopic (exact) mass is 538 g/mol. The number of rotatable bonds is 8. The number of carbonyl (C=O) groups is 2. The van der Waals surface area contributed by atoms with Gasteiger partial charge in [0.1, 0.15) is 23.0 Å². The van der Waals surface area contributed by atoms with Crippen molar-refractivity contribution in [2.24, 2.45) is 0 Å². The van der Waals surface area contributed by atoms with Crippen molar-refractivity contribution < 1.29 is 30.0 Å². The topological polar surface area (TPSA) is 139 Å². The van der Waals surface area contributed by atoms with Crippen LogP contribution in [-0.2, 0) is 0 Å². The van der Waals surface area contributed by atoms with Crippen molar-refractivity contribution in [3.63, 3.8) is 0 Å². The second-order valence-electron chi connectivity index (χ2n) is 10.2. The number of phenolic OH excluding ortho intramolecular Hbond substituents is 4. The van der Waals surface area contributed by atoms with E-state index < -0.39 is 0 Å². The maximum Gasteiger partial charge on any atom is 0.196 e. The molecule has 40 heavy (non-hydrogen) atoms. The van der Waals surface area contributed by atoms with Crippen LogP contribution in [0.5, 0.6) is 23.0 Å². The minimum absolute atomic E-state index is 0.0399. The molecule has 2 atom stereocenters. The van der Waals surface area contributed by atoms with E-state index in [0.29, 0.717) is 46.7 Å². The van der Waals surface area contributed by atoms with Crippen LogP contribution in [0.25, 0.3) is 0 Å². The number of fused-ring (bicyclic) bond motifs is 2. The van der Waals surface area contributed by atoms with Gasteiger partial charge in [-0.25, -0.2) is 0 Å². The molecule has 0 heterocycles. The number of anilines is 2. The Morgan fingerprint density at radius 3 is 1.40 bits per heavy atom. The highest BCUT2D eigenvalue weighted by atomic mass is 16.3.